The van der Waals surface area contributed by atoms with Crippen LogP contribution in [0, 0.1) is 6.92 Å². The minimum Gasteiger partial charge on any atom is -0.272 e. The smallest absolute Gasteiger partial charge is 0.250 e. The molecule has 0 bridgehead atoms. The number of hydrogen-bond acceptors (Lipinski definition) is 6. The van der Waals surface area contributed by atoms with Crippen molar-refractivity contribution in [2.75, 3.05) is 5.75 Å². The summed E-state index contributed by atoms with van der Waals surface area (Å²) in [5, 5.41) is 3.97. The molecule has 0 saturated carbocycles. The lowest BCUT2D eigenvalue weighted by molar-refractivity contribution is -0.118. The fourth-order valence-corrected chi connectivity index (χ4v) is 4.37. The summed E-state index contributed by atoms with van der Waals surface area (Å²) in [6.45, 7) is 2.04. The number of thiazole rings is 1. The van der Waals surface area contributed by atoms with Crippen molar-refractivity contribution in [1.82, 2.24) is 10.4 Å². The van der Waals surface area contributed by atoms with Crippen molar-refractivity contribution >= 4 is 56.8 Å². The Morgan fingerprint density at radius 3 is 2.95 bits per heavy atom. The lowest BCUT2D eigenvalue weighted by atomic mass is 10.3. The summed E-state index contributed by atoms with van der Waals surface area (Å²) >= 11 is 4.66. The van der Waals surface area contributed by atoms with E-state index in [4.69, 9.17) is 0 Å². The molecule has 0 aliphatic rings. The lowest BCUT2D eigenvalue weighted by Crippen LogP contribution is -2.19. The Labute approximate surface area is 140 Å². The number of nitrogens with zero attached hydrogens (tertiary/aromatic N) is 2. The molecular weight excluding hydrogens is 334 g/mol. The third-order valence-electron chi connectivity index (χ3n) is 2.74. The van der Waals surface area contributed by atoms with Crippen molar-refractivity contribution in [1.29, 1.82) is 0 Å². The van der Waals surface area contributed by atoms with Crippen LogP contribution in [0.15, 0.2) is 45.8 Å². The van der Waals surface area contributed by atoms with Crippen LogP contribution in [0.25, 0.3) is 10.2 Å². The molecule has 1 N–H and O–H groups in total. The van der Waals surface area contributed by atoms with Gasteiger partial charge in [0.1, 0.15) is 0 Å². The molecule has 0 spiro atoms. The normalized spacial score (nSPS) is 11.3. The molecule has 112 valence electrons. The SMILES string of the molecule is Cc1ccc(/C=N\NC(=O)CSc2nc3ccccc3s2)s1. The van der Waals surface area contributed by atoms with Crippen molar-refractivity contribution < 1.29 is 4.79 Å². The summed E-state index contributed by atoms with van der Waals surface area (Å²) in [7, 11) is 0. The van der Waals surface area contributed by atoms with Gasteiger partial charge in [0.2, 0.25) is 0 Å². The van der Waals surface area contributed by atoms with E-state index in [1.807, 2.05) is 43.3 Å². The number of carbonyl (C=O) groups excluding carboxylic acids is 1. The molecule has 0 fully saturated rings. The third-order valence-corrected chi connectivity index (χ3v) is 5.86. The highest BCUT2D eigenvalue weighted by Gasteiger charge is 2.06. The largest absolute Gasteiger partial charge is 0.272 e. The quantitative estimate of drug-likeness (QED) is 0.432. The first-order chi connectivity index (χ1) is 10.7. The molecular formula is C15H13N3OS3. The van der Waals surface area contributed by atoms with E-state index in [-0.39, 0.29) is 5.91 Å². The fourth-order valence-electron chi connectivity index (χ4n) is 1.76. The first-order valence-corrected chi connectivity index (χ1v) is 9.19. The first-order valence-electron chi connectivity index (χ1n) is 6.57. The number of para-hydroxylation sites is 1. The summed E-state index contributed by atoms with van der Waals surface area (Å²) in [5.74, 6) is 0.175. The van der Waals surface area contributed by atoms with E-state index in [0.717, 1.165) is 19.4 Å². The van der Waals surface area contributed by atoms with Gasteiger partial charge in [-0.25, -0.2) is 10.4 Å². The van der Waals surface area contributed by atoms with Gasteiger partial charge in [0.25, 0.3) is 5.91 Å². The van der Waals surface area contributed by atoms with Crippen LogP contribution in [0.4, 0.5) is 0 Å². The molecule has 0 radical (unpaired) electrons. The van der Waals surface area contributed by atoms with Gasteiger partial charge >= 0.3 is 0 Å². The van der Waals surface area contributed by atoms with Crippen LogP contribution in [0.1, 0.15) is 9.75 Å². The van der Waals surface area contributed by atoms with Crippen molar-refractivity contribution in [3.63, 3.8) is 0 Å². The lowest BCUT2D eigenvalue weighted by Gasteiger charge is -1.96. The number of aryl methyl sites for hydroxylation is 1. The highest BCUT2D eigenvalue weighted by Crippen LogP contribution is 2.28. The number of hydrogen-bond donors (Lipinski definition) is 1. The Morgan fingerprint density at radius 2 is 2.18 bits per heavy atom. The van der Waals surface area contributed by atoms with Gasteiger partial charge in [-0.2, -0.15) is 5.10 Å². The van der Waals surface area contributed by atoms with Crippen molar-refractivity contribution in [3.05, 3.63) is 46.2 Å². The van der Waals surface area contributed by atoms with Gasteiger partial charge in [0, 0.05) is 9.75 Å². The number of fused-ring (bicyclic) bond motifs is 1. The number of nitrogens with one attached hydrogen (secondary N) is 1. The number of rotatable bonds is 5. The maximum Gasteiger partial charge on any atom is 0.250 e. The number of benzene rings is 1. The van der Waals surface area contributed by atoms with E-state index in [2.05, 4.69) is 15.5 Å². The molecule has 0 aliphatic carbocycles. The van der Waals surface area contributed by atoms with Crippen molar-refractivity contribution in [2.45, 2.75) is 11.3 Å². The van der Waals surface area contributed by atoms with Crippen LogP contribution < -0.4 is 5.43 Å². The maximum atomic E-state index is 11.8. The summed E-state index contributed by atoms with van der Waals surface area (Å²) in [4.78, 5) is 18.5. The molecule has 7 heteroatoms. The Balaban J connectivity index is 1.50. The summed E-state index contributed by atoms with van der Waals surface area (Å²) in [5.41, 5.74) is 3.51. The van der Waals surface area contributed by atoms with Crippen LogP contribution in [-0.4, -0.2) is 22.9 Å². The number of hydrazone groups is 1. The monoisotopic (exact) mass is 347 g/mol. The van der Waals surface area contributed by atoms with Gasteiger partial charge in [-0.3, -0.25) is 4.79 Å². The molecule has 0 aliphatic heterocycles. The molecule has 0 unspecified atom stereocenters. The average Bonchev–Trinajstić information content (AvgIpc) is 3.11. The molecule has 22 heavy (non-hydrogen) atoms. The molecule has 4 nitrogen and oxygen atoms in total. The highest BCUT2D eigenvalue weighted by molar-refractivity contribution is 8.01. The Hall–Kier alpha value is -1.70. The van der Waals surface area contributed by atoms with Gasteiger partial charge in [-0.1, -0.05) is 23.9 Å². The second kappa shape index (κ2) is 7.04. The number of aromatic nitrogens is 1. The van der Waals surface area contributed by atoms with E-state index in [9.17, 15) is 4.79 Å². The molecule has 3 rings (SSSR count). The summed E-state index contributed by atoms with van der Waals surface area (Å²) in [6, 6.07) is 12.0. The zero-order valence-electron chi connectivity index (χ0n) is 11.8. The standard InChI is InChI=1S/C15H13N3OS3/c1-10-6-7-11(21-10)8-16-18-14(19)9-20-15-17-12-4-2-3-5-13(12)22-15/h2-8H,9H2,1H3,(H,18,19)/b16-8-. The van der Waals surface area contributed by atoms with Crippen molar-refractivity contribution in [3.8, 4) is 0 Å². The number of carbonyl (C=O) groups is 1. The topological polar surface area (TPSA) is 54.4 Å². The molecule has 0 atom stereocenters. The minimum atomic E-state index is -0.131. The number of thioether (sulfide) groups is 1. The van der Waals surface area contributed by atoms with E-state index in [1.54, 1.807) is 28.9 Å². The molecule has 0 saturated heterocycles. The summed E-state index contributed by atoms with van der Waals surface area (Å²) < 4.78 is 2.03. The second-order valence-electron chi connectivity index (χ2n) is 4.48. The predicted octanol–water partition coefficient (Wildman–Crippen LogP) is 3.91. The number of amides is 1. The van der Waals surface area contributed by atoms with Gasteiger partial charge in [0.15, 0.2) is 4.34 Å². The fraction of sp³-hybridized carbons (Fsp3) is 0.133. The molecule has 3 aromatic rings. The predicted molar refractivity (Wildman–Crippen MR) is 95.1 cm³/mol. The Bertz CT molecular complexity index is 789. The molecule has 2 aromatic heterocycles. The zero-order chi connectivity index (χ0) is 15.4. The summed E-state index contributed by atoms with van der Waals surface area (Å²) in [6.07, 6.45) is 1.66. The zero-order valence-corrected chi connectivity index (χ0v) is 14.2. The van der Waals surface area contributed by atoms with Crippen molar-refractivity contribution in [2.24, 2.45) is 5.10 Å². The van der Waals surface area contributed by atoms with Crippen LogP contribution >= 0.6 is 34.4 Å². The van der Waals surface area contributed by atoms with Crippen LogP contribution in [0.5, 0.6) is 0 Å². The van der Waals surface area contributed by atoms with Gasteiger partial charge < -0.3 is 0 Å². The van der Waals surface area contributed by atoms with Crippen LogP contribution in [0.2, 0.25) is 0 Å². The minimum absolute atomic E-state index is 0.131. The van der Waals surface area contributed by atoms with E-state index in [0.29, 0.717) is 5.75 Å². The van der Waals surface area contributed by atoms with Gasteiger partial charge in [0.05, 0.1) is 22.2 Å². The Morgan fingerprint density at radius 1 is 1.32 bits per heavy atom. The van der Waals surface area contributed by atoms with Gasteiger partial charge in [-0.05, 0) is 31.2 Å². The maximum absolute atomic E-state index is 11.8. The average molecular weight is 347 g/mol. The van der Waals surface area contributed by atoms with E-state index < -0.39 is 0 Å². The molecule has 2 heterocycles. The third kappa shape index (κ3) is 3.94. The molecule has 1 aromatic carbocycles. The number of thiophene rings is 1. The van der Waals surface area contributed by atoms with Gasteiger partial charge in [-0.15, -0.1) is 22.7 Å². The highest BCUT2D eigenvalue weighted by atomic mass is 32.2. The van der Waals surface area contributed by atoms with Crippen LogP contribution in [-0.2, 0) is 4.79 Å². The molecule has 1 amide bonds. The van der Waals surface area contributed by atoms with E-state index >= 15 is 0 Å². The van der Waals surface area contributed by atoms with Crippen LogP contribution in [0.3, 0.4) is 0 Å². The van der Waals surface area contributed by atoms with E-state index in [1.165, 1.54) is 16.6 Å². The second-order valence-corrected chi connectivity index (χ2v) is 8.05. The first kappa shape index (κ1) is 15.2. The Kier molecular flexibility index (Phi) is 4.87.